The summed E-state index contributed by atoms with van der Waals surface area (Å²) in [7, 11) is 3.26. The van der Waals surface area contributed by atoms with Gasteiger partial charge in [-0.05, 0) is 38.0 Å². The van der Waals surface area contributed by atoms with Crippen LogP contribution in [0.15, 0.2) is 18.2 Å². The van der Waals surface area contributed by atoms with Gasteiger partial charge in [-0.3, -0.25) is 10.1 Å². The van der Waals surface area contributed by atoms with Crippen LogP contribution in [0.5, 0.6) is 5.75 Å². The molecule has 0 bridgehead atoms. The molecule has 7 heteroatoms. The minimum absolute atomic E-state index is 0.152. The molecule has 1 unspecified atom stereocenters. The predicted octanol–water partition coefficient (Wildman–Crippen LogP) is 1.40. The van der Waals surface area contributed by atoms with Crippen molar-refractivity contribution >= 4 is 11.9 Å². The van der Waals surface area contributed by atoms with Crippen LogP contribution in [0.3, 0.4) is 0 Å². The number of benzene rings is 1. The van der Waals surface area contributed by atoms with Crippen molar-refractivity contribution < 1.29 is 23.6 Å². The Hall–Kier alpha value is -2.15. The summed E-state index contributed by atoms with van der Waals surface area (Å²) in [5.74, 6) is -0.580. The molecule has 1 fully saturated rings. The van der Waals surface area contributed by atoms with Crippen molar-refractivity contribution in [2.45, 2.75) is 57.7 Å². The SMILES string of the molecule is COc1ccc(C[NH+](C)[C@@H](C)C(=O)NC(=O)NC2CCCCC2)cc1F. The van der Waals surface area contributed by atoms with Crippen LogP contribution in [-0.2, 0) is 11.3 Å². The Balaban J connectivity index is 1.84. The van der Waals surface area contributed by atoms with Crippen LogP contribution in [0.1, 0.15) is 44.6 Å². The maximum absolute atomic E-state index is 13.8. The van der Waals surface area contributed by atoms with E-state index in [4.69, 9.17) is 4.74 Å². The fourth-order valence-corrected chi connectivity index (χ4v) is 3.21. The highest BCUT2D eigenvalue weighted by molar-refractivity contribution is 5.96. The Morgan fingerprint density at radius 2 is 2.00 bits per heavy atom. The van der Waals surface area contributed by atoms with Gasteiger partial charge in [-0.25, -0.2) is 9.18 Å². The van der Waals surface area contributed by atoms with Crippen molar-refractivity contribution in [2.24, 2.45) is 0 Å². The van der Waals surface area contributed by atoms with Crippen LogP contribution in [-0.4, -0.2) is 38.2 Å². The summed E-state index contributed by atoms with van der Waals surface area (Å²) in [5, 5.41) is 5.29. The quantitative estimate of drug-likeness (QED) is 0.713. The molecule has 0 heterocycles. The van der Waals surface area contributed by atoms with Gasteiger partial charge >= 0.3 is 6.03 Å². The molecular formula is C19H29FN3O3+. The summed E-state index contributed by atoms with van der Waals surface area (Å²) < 4.78 is 18.7. The molecule has 1 aromatic carbocycles. The zero-order valence-electron chi connectivity index (χ0n) is 15.7. The Bertz CT molecular complexity index is 632. The van der Waals surface area contributed by atoms with E-state index in [9.17, 15) is 14.0 Å². The van der Waals surface area contributed by atoms with E-state index in [1.54, 1.807) is 19.1 Å². The molecule has 2 rings (SSSR count). The van der Waals surface area contributed by atoms with Crippen LogP contribution in [0.2, 0.25) is 0 Å². The van der Waals surface area contributed by atoms with Crippen molar-refractivity contribution in [3.8, 4) is 5.75 Å². The standard InChI is InChI=1S/C19H28FN3O3/c1-13(18(24)22-19(25)21-15-7-5-4-6-8-15)23(2)12-14-9-10-17(26-3)16(20)11-14/h9-11,13,15H,4-8,12H2,1-3H3,(H2,21,22,24,25)/p+1/t13-/m0/s1. The third kappa shape index (κ3) is 5.69. The maximum Gasteiger partial charge on any atom is 0.321 e. The largest absolute Gasteiger partial charge is 0.494 e. The van der Waals surface area contributed by atoms with Gasteiger partial charge in [0.1, 0.15) is 6.54 Å². The number of carbonyl (C=O) groups excluding carboxylic acids is 2. The van der Waals surface area contributed by atoms with Gasteiger partial charge in [0.25, 0.3) is 5.91 Å². The number of hydrogen-bond donors (Lipinski definition) is 3. The molecule has 1 aromatic rings. The van der Waals surface area contributed by atoms with Gasteiger partial charge in [0.2, 0.25) is 0 Å². The zero-order valence-corrected chi connectivity index (χ0v) is 15.7. The van der Waals surface area contributed by atoms with Crippen molar-refractivity contribution in [1.29, 1.82) is 0 Å². The number of ether oxygens (including phenoxy) is 1. The zero-order chi connectivity index (χ0) is 19.1. The third-order valence-corrected chi connectivity index (χ3v) is 5.01. The minimum Gasteiger partial charge on any atom is -0.494 e. The van der Waals surface area contributed by atoms with Gasteiger partial charge in [0.15, 0.2) is 17.6 Å². The minimum atomic E-state index is -0.447. The smallest absolute Gasteiger partial charge is 0.321 e. The number of amides is 3. The number of quaternary nitrogens is 1. The second-order valence-electron chi connectivity index (χ2n) is 7.01. The van der Waals surface area contributed by atoms with Crippen molar-refractivity contribution in [3.63, 3.8) is 0 Å². The molecule has 2 atom stereocenters. The van der Waals surface area contributed by atoms with E-state index in [1.807, 2.05) is 7.05 Å². The van der Waals surface area contributed by atoms with E-state index in [-0.39, 0.29) is 17.7 Å². The first-order valence-corrected chi connectivity index (χ1v) is 9.16. The molecule has 1 saturated carbocycles. The molecule has 0 aromatic heterocycles. The second kappa shape index (κ2) is 9.52. The number of rotatable bonds is 6. The average molecular weight is 366 g/mol. The summed E-state index contributed by atoms with van der Waals surface area (Å²) in [6, 6.07) is 4.02. The first-order chi connectivity index (χ1) is 12.4. The second-order valence-corrected chi connectivity index (χ2v) is 7.01. The Morgan fingerprint density at radius 3 is 2.62 bits per heavy atom. The van der Waals surface area contributed by atoms with Crippen LogP contribution >= 0.6 is 0 Å². The predicted molar refractivity (Wildman–Crippen MR) is 96.6 cm³/mol. The summed E-state index contributed by atoms with van der Waals surface area (Å²) >= 11 is 0. The van der Waals surface area contributed by atoms with Gasteiger partial charge in [0.05, 0.1) is 14.2 Å². The van der Waals surface area contributed by atoms with Crippen molar-refractivity contribution in [3.05, 3.63) is 29.6 Å². The van der Waals surface area contributed by atoms with Crippen LogP contribution < -0.4 is 20.3 Å². The monoisotopic (exact) mass is 366 g/mol. The first-order valence-electron chi connectivity index (χ1n) is 9.16. The highest BCUT2D eigenvalue weighted by atomic mass is 19.1. The molecule has 144 valence electrons. The van der Waals surface area contributed by atoms with Crippen molar-refractivity contribution in [1.82, 2.24) is 10.6 Å². The lowest BCUT2D eigenvalue weighted by atomic mass is 9.96. The van der Waals surface area contributed by atoms with Crippen molar-refractivity contribution in [2.75, 3.05) is 14.2 Å². The fraction of sp³-hybridized carbons (Fsp3) is 0.579. The number of urea groups is 1. The fourth-order valence-electron chi connectivity index (χ4n) is 3.21. The molecule has 1 aliphatic carbocycles. The number of methoxy groups -OCH3 is 1. The van der Waals surface area contributed by atoms with Gasteiger partial charge in [0, 0.05) is 11.6 Å². The van der Waals surface area contributed by atoms with Crippen LogP contribution in [0.25, 0.3) is 0 Å². The number of nitrogens with one attached hydrogen (secondary N) is 3. The Morgan fingerprint density at radius 1 is 1.31 bits per heavy atom. The van der Waals surface area contributed by atoms with E-state index in [0.717, 1.165) is 36.1 Å². The van der Waals surface area contributed by atoms with E-state index < -0.39 is 17.9 Å². The van der Waals surface area contributed by atoms with Gasteiger partial charge in [-0.1, -0.05) is 19.3 Å². The number of carbonyl (C=O) groups is 2. The molecule has 6 nitrogen and oxygen atoms in total. The highest BCUT2D eigenvalue weighted by Gasteiger charge is 2.25. The lowest BCUT2D eigenvalue weighted by Crippen LogP contribution is -3.12. The van der Waals surface area contributed by atoms with E-state index in [2.05, 4.69) is 10.6 Å². The Kier molecular flexibility index (Phi) is 7.38. The number of halogens is 1. The highest BCUT2D eigenvalue weighted by Crippen LogP contribution is 2.17. The summed E-state index contributed by atoms with van der Waals surface area (Å²) in [6.07, 6.45) is 5.35. The molecule has 26 heavy (non-hydrogen) atoms. The molecule has 1 aliphatic rings. The lowest BCUT2D eigenvalue weighted by Gasteiger charge is -2.24. The van der Waals surface area contributed by atoms with Gasteiger partial charge in [-0.15, -0.1) is 0 Å². The maximum atomic E-state index is 13.8. The average Bonchev–Trinajstić information content (AvgIpc) is 2.61. The Labute approximate surface area is 154 Å². The number of likely N-dealkylation sites (N-methyl/N-ethyl adjacent to an activating group) is 1. The van der Waals surface area contributed by atoms with E-state index >= 15 is 0 Å². The topological polar surface area (TPSA) is 71.9 Å². The number of hydrogen-bond acceptors (Lipinski definition) is 3. The van der Waals surface area contributed by atoms with E-state index in [1.165, 1.54) is 19.6 Å². The summed E-state index contributed by atoms with van der Waals surface area (Å²) in [4.78, 5) is 25.2. The van der Waals surface area contributed by atoms with Gasteiger partial charge in [-0.2, -0.15) is 0 Å². The molecule has 3 amide bonds. The van der Waals surface area contributed by atoms with E-state index in [0.29, 0.717) is 6.54 Å². The third-order valence-electron chi connectivity index (χ3n) is 5.01. The molecule has 0 aliphatic heterocycles. The van der Waals surface area contributed by atoms with Crippen LogP contribution in [0.4, 0.5) is 9.18 Å². The first kappa shape index (κ1) is 20.2. The molecule has 0 radical (unpaired) electrons. The normalized spacial score (nSPS) is 17.2. The summed E-state index contributed by atoms with van der Waals surface area (Å²) in [5.41, 5.74) is 0.757. The number of imide groups is 1. The summed E-state index contributed by atoms with van der Waals surface area (Å²) in [6.45, 7) is 2.21. The molecule has 3 N–H and O–H groups in total. The lowest BCUT2D eigenvalue weighted by molar-refractivity contribution is -0.908. The van der Waals surface area contributed by atoms with Crippen LogP contribution in [0, 0.1) is 5.82 Å². The molecule has 0 spiro atoms. The van der Waals surface area contributed by atoms with Gasteiger partial charge < -0.3 is 15.0 Å². The molecular weight excluding hydrogens is 337 g/mol. The molecule has 0 saturated heterocycles.